The van der Waals surface area contributed by atoms with Crippen molar-refractivity contribution in [3.8, 4) is 0 Å². The van der Waals surface area contributed by atoms with E-state index in [1.807, 2.05) is 0 Å². The molecule has 8 heteroatoms. The number of benzene rings is 1. The van der Waals surface area contributed by atoms with E-state index >= 15 is 0 Å². The Morgan fingerprint density at radius 2 is 1.96 bits per heavy atom. The van der Waals surface area contributed by atoms with E-state index in [1.165, 1.54) is 31.4 Å². The van der Waals surface area contributed by atoms with Crippen molar-refractivity contribution in [1.82, 2.24) is 0 Å². The fourth-order valence-corrected chi connectivity index (χ4v) is 3.28. The highest BCUT2D eigenvalue weighted by Crippen LogP contribution is 2.34. The van der Waals surface area contributed by atoms with Crippen molar-refractivity contribution in [3.05, 3.63) is 74.7 Å². The molecule has 0 bridgehead atoms. The molecule has 0 saturated heterocycles. The average Bonchev–Trinajstić information content (AvgIpc) is 2.84. The van der Waals surface area contributed by atoms with Crippen molar-refractivity contribution < 1.29 is 24.0 Å². The van der Waals surface area contributed by atoms with Crippen LogP contribution >= 0.6 is 11.8 Å². The molecule has 1 aromatic carbocycles. The lowest BCUT2D eigenvalue weighted by Gasteiger charge is -2.11. The first-order valence-corrected chi connectivity index (χ1v) is 8.55. The Morgan fingerprint density at radius 3 is 2.62 bits per heavy atom. The minimum absolute atomic E-state index is 0.209. The van der Waals surface area contributed by atoms with Gasteiger partial charge in [-0.3, -0.25) is 10.1 Å². The van der Waals surface area contributed by atoms with Crippen LogP contribution in [0.15, 0.2) is 63.9 Å². The van der Waals surface area contributed by atoms with Gasteiger partial charge in [-0.05, 0) is 43.4 Å². The van der Waals surface area contributed by atoms with Crippen LogP contribution in [0.4, 0.5) is 0 Å². The molecule has 7 nitrogen and oxygen atoms in total. The van der Waals surface area contributed by atoms with E-state index in [0.717, 1.165) is 11.8 Å². The summed E-state index contributed by atoms with van der Waals surface area (Å²) in [6, 6.07) is 5.53. The Hall–Kier alpha value is -2.87. The van der Waals surface area contributed by atoms with Crippen LogP contribution < -0.4 is 0 Å². The summed E-state index contributed by atoms with van der Waals surface area (Å²) in [6.45, 7) is 1.89. The number of hydrogen-bond acceptors (Lipinski definition) is 7. The number of hydrogen-bond donors (Lipinski definition) is 0. The quantitative estimate of drug-likeness (QED) is 0.428. The molecule has 1 aliphatic rings. The monoisotopic (exact) mass is 375 g/mol. The van der Waals surface area contributed by atoms with Crippen LogP contribution in [0.1, 0.15) is 17.3 Å². The Bertz CT molecular complexity index is 812. The van der Waals surface area contributed by atoms with Gasteiger partial charge < -0.3 is 9.47 Å². The number of allylic oxidation sites excluding steroid dienone is 2. The maximum atomic E-state index is 11.9. The van der Waals surface area contributed by atoms with E-state index in [9.17, 15) is 19.7 Å². The van der Waals surface area contributed by atoms with Gasteiger partial charge in [0.1, 0.15) is 0 Å². The minimum atomic E-state index is -1.14. The molecule has 0 spiro atoms. The molecule has 1 aliphatic carbocycles. The molecule has 0 saturated carbocycles. The van der Waals surface area contributed by atoms with Crippen LogP contribution in [0.3, 0.4) is 0 Å². The average molecular weight is 375 g/mol. The second kappa shape index (κ2) is 9.00. The number of methoxy groups -OCH3 is 1. The Labute approximate surface area is 154 Å². The zero-order chi connectivity index (χ0) is 19.1. The largest absolute Gasteiger partial charge is 0.465 e. The summed E-state index contributed by atoms with van der Waals surface area (Å²) < 4.78 is 9.67. The molecule has 1 aromatic rings. The number of rotatable bonds is 6. The molecule has 136 valence electrons. The fraction of sp³-hybridized carbons (Fsp3) is 0.222. The molecular formula is C18H17NO6S. The van der Waals surface area contributed by atoms with Crippen molar-refractivity contribution in [2.75, 3.05) is 13.7 Å². The van der Waals surface area contributed by atoms with Crippen molar-refractivity contribution in [1.29, 1.82) is 0 Å². The van der Waals surface area contributed by atoms with E-state index in [1.54, 1.807) is 31.2 Å². The van der Waals surface area contributed by atoms with Gasteiger partial charge in [0, 0.05) is 9.82 Å². The van der Waals surface area contributed by atoms with Gasteiger partial charge in [-0.15, -0.1) is 0 Å². The van der Waals surface area contributed by atoms with Gasteiger partial charge in [0.25, 0.3) is 6.04 Å². The summed E-state index contributed by atoms with van der Waals surface area (Å²) in [4.78, 5) is 35.6. The van der Waals surface area contributed by atoms with Crippen LogP contribution in [0.5, 0.6) is 0 Å². The Morgan fingerprint density at radius 1 is 1.23 bits per heavy atom. The summed E-state index contributed by atoms with van der Waals surface area (Å²) in [5.41, 5.74) is 0.529. The normalized spacial score (nSPS) is 16.2. The van der Waals surface area contributed by atoms with E-state index in [0.29, 0.717) is 15.4 Å². The molecule has 0 N–H and O–H groups in total. The summed E-state index contributed by atoms with van der Waals surface area (Å²) >= 11 is 1.08. The highest BCUT2D eigenvalue weighted by atomic mass is 32.2. The highest BCUT2D eigenvalue weighted by molar-refractivity contribution is 8.03. The van der Waals surface area contributed by atoms with Gasteiger partial charge in [-0.2, -0.15) is 0 Å². The summed E-state index contributed by atoms with van der Waals surface area (Å²) in [5, 5.41) is 11.5. The number of esters is 2. The maximum Gasteiger partial charge on any atom is 0.339 e. The van der Waals surface area contributed by atoms with Gasteiger partial charge in [0.05, 0.1) is 29.8 Å². The lowest BCUT2D eigenvalue weighted by Crippen LogP contribution is -2.18. The molecule has 0 aliphatic heterocycles. The van der Waals surface area contributed by atoms with Crippen LogP contribution in [0.25, 0.3) is 0 Å². The predicted molar refractivity (Wildman–Crippen MR) is 96.4 cm³/mol. The number of thioether (sulfide) groups is 1. The van der Waals surface area contributed by atoms with E-state index in [4.69, 9.17) is 9.47 Å². The first kappa shape index (κ1) is 19.5. The third kappa shape index (κ3) is 4.60. The molecular weight excluding hydrogens is 358 g/mol. The van der Waals surface area contributed by atoms with Gasteiger partial charge >= 0.3 is 11.9 Å². The first-order valence-electron chi connectivity index (χ1n) is 7.73. The molecule has 0 amide bonds. The van der Waals surface area contributed by atoms with Crippen LogP contribution in [-0.2, 0) is 14.3 Å². The van der Waals surface area contributed by atoms with Crippen molar-refractivity contribution in [2.45, 2.75) is 17.9 Å². The summed E-state index contributed by atoms with van der Waals surface area (Å²) in [7, 11) is 1.27. The second-order valence-corrected chi connectivity index (χ2v) is 6.21. The summed E-state index contributed by atoms with van der Waals surface area (Å²) in [5.74, 6) is -1.08. The van der Waals surface area contributed by atoms with Crippen molar-refractivity contribution in [3.63, 3.8) is 0 Å². The number of carbonyl (C=O) groups is 2. The number of carbonyl (C=O) groups excluding carboxylic acids is 2. The molecule has 1 atom stereocenters. The van der Waals surface area contributed by atoms with Crippen LogP contribution in [0, 0.1) is 10.1 Å². The van der Waals surface area contributed by atoms with Gasteiger partial charge in [-0.1, -0.05) is 23.9 Å². The van der Waals surface area contributed by atoms with E-state index in [-0.39, 0.29) is 12.2 Å². The van der Waals surface area contributed by atoms with E-state index < -0.39 is 22.9 Å². The smallest absolute Gasteiger partial charge is 0.339 e. The lowest BCUT2D eigenvalue weighted by atomic mass is 10.2. The number of nitro groups is 1. The Balaban J connectivity index is 2.39. The van der Waals surface area contributed by atoms with Gasteiger partial charge in [-0.25, -0.2) is 9.59 Å². The first-order chi connectivity index (χ1) is 12.5. The van der Waals surface area contributed by atoms with Gasteiger partial charge in [0.15, 0.2) is 0 Å². The molecule has 1 unspecified atom stereocenters. The van der Waals surface area contributed by atoms with Crippen LogP contribution in [-0.4, -0.2) is 36.6 Å². The summed E-state index contributed by atoms with van der Waals surface area (Å²) in [6.07, 6.45) is 5.68. The third-order valence-electron chi connectivity index (χ3n) is 3.44. The SMILES string of the molecule is CCOC(=O)C1=CC=C(Sc2ccccc2C(=O)OC)C([N+](=O)[O-])C=C1. The van der Waals surface area contributed by atoms with Gasteiger partial charge in [0.2, 0.25) is 0 Å². The molecule has 26 heavy (non-hydrogen) atoms. The topological polar surface area (TPSA) is 95.7 Å². The number of nitrogens with zero attached hydrogens (tertiary/aromatic N) is 1. The molecule has 0 radical (unpaired) electrons. The lowest BCUT2D eigenvalue weighted by molar-refractivity contribution is -0.497. The third-order valence-corrected chi connectivity index (χ3v) is 4.62. The van der Waals surface area contributed by atoms with Crippen molar-refractivity contribution in [2.24, 2.45) is 0 Å². The Kier molecular flexibility index (Phi) is 6.74. The second-order valence-electron chi connectivity index (χ2n) is 5.09. The fourth-order valence-electron chi connectivity index (χ4n) is 2.20. The minimum Gasteiger partial charge on any atom is -0.465 e. The zero-order valence-corrected chi connectivity index (χ0v) is 15.0. The molecule has 0 aromatic heterocycles. The van der Waals surface area contributed by atoms with Crippen LogP contribution in [0.2, 0.25) is 0 Å². The maximum absolute atomic E-state index is 11.9. The van der Waals surface area contributed by atoms with E-state index in [2.05, 4.69) is 0 Å². The predicted octanol–water partition coefficient (Wildman–Crippen LogP) is 3.15. The highest BCUT2D eigenvalue weighted by Gasteiger charge is 2.27. The molecule has 0 heterocycles. The molecule has 2 rings (SSSR count). The number of ether oxygens (including phenoxy) is 2. The van der Waals surface area contributed by atoms with Crippen molar-refractivity contribution >= 4 is 23.7 Å². The zero-order valence-electron chi connectivity index (χ0n) is 14.2. The molecule has 0 fully saturated rings. The standard InChI is InChI=1S/C18H17NO6S/c1-3-25-17(20)12-8-10-14(19(22)23)16(11-9-12)26-15-7-5-4-6-13(15)18(21)24-2/h4-11,14H,3H2,1-2H3.